The highest BCUT2D eigenvalue weighted by Crippen LogP contribution is 2.31. The fourth-order valence-electron chi connectivity index (χ4n) is 3.31. The number of carbonyl (C=O) groups excluding carboxylic acids is 1. The van der Waals surface area contributed by atoms with Gasteiger partial charge in [0, 0.05) is 13.1 Å². The van der Waals surface area contributed by atoms with Crippen LogP contribution in [0.25, 0.3) is 10.8 Å². The average molecular weight is 336 g/mol. The molecule has 1 aliphatic rings. The first-order valence-electron chi connectivity index (χ1n) is 8.77. The highest BCUT2D eigenvalue weighted by Gasteiger charge is 2.27. The molecule has 0 aliphatic carbocycles. The van der Waals surface area contributed by atoms with Crippen molar-refractivity contribution in [3.63, 3.8) is 0 Å². The second-order valence-corrected chi connectivity index (χ2v) is 7.67. The fourth-order valence-corrected chi connectivity index (χ4v) is 3.31. The van der Waals surface area contributed by atoms with Crippen LogP contribution in [-0.2, 0) is 4.74 Å². The van der Waals surface area contributed by atoms with E-state index in [2.05, 4.69) is 24.3 Å². The van der Waals surface area contributed by atoms with Crippen LogP contribution in [0.15, 0.2) is 36.4 Å². The van der Waals surface area contributed by atoms with Gasteiger partial charge in [-0.3, -0.25) is 0 Å². The molecule has 25 heavy (non-hydrogen) atoms. The molecule has 1 heterocycles. The summed E-state index contributed by atoms with van der Waals surface area (Å²) in [5.41, 5.74) is 1.54. The number of hydrogen-bond acceptors (Lipinski definition) is 3. The Bertz CT molecular complexity index is 822. The van der Waals surface area contributed by atoms with Gasteiger partial charge in [-0.05, 0) is 68.0 Å². The van der Waals surface area contributed by atoms with Crippen LogP contribution >= 0.6 is 0 Å². The molecule has 0 N–H and O–H groups in total. The second kappa shape index (κ2) is 6.76. The molecule has 2 aromatic rings. The van der Waals surface area contributed by atoms with Crippen molar-refractivity contribution >= 4 is 16.9 Å². The lowest BCUT2D eigenvalue weighted by molar-refractivity contribution is 0.0205. The zero-order chi connectivity index (χ0) is 18.0. The summed E-state index contributed by atoms with van der Waals surface area (Å²) in [4.78, 5) is 14.0. The Morgan fingerprint density at radius 2 is 1.76 bits per heavy atom. The molecule has 130 valence electrons. The molecule has 3 rings (SSSR count). The standard InChI is InChI=1S/C21H24N2O2/c1-21(2,3)25-20(24)23-10-8-16(9-11-23)18-7-6-17-12-15(14-22)4-5-19(17)13-18/h4-7,12-13,16H,8-11H2,1-3H3. The molecule has 1 saturated heterocycles. The van der Waals surface area contributed by atoms with Gasteiger partial charge in [-0.25, -0.2) is 4.79 Å². The van der Waals surface area contributed by atoms with E-state index in [-0.39, 0.29) is 6.09 Å². The molecule has 2 aromatic carbocycles. The van der Waals surface area contributed by atoms with Gasteiger partial charge in [0.05, 0.1) is 11.6 Å². The molecule has 0 radical (unpaired) electrons. The molecule has 0 unspecified atom stereocenters. The van der Waals surface area contributed by atoms with E-state index in [1.54, 1.807) is 0 Å². The minimum atomic E-state index is -0.450. The van der Waals surface area contributed by atoms with Crippen LogP contribution in [0.1, 0.15) is 50.7 Å². The Morgan fingerprint density at radius 3 is 2.40 bits per heavy atom. The molecule has 0 atom stereocenters. The Hall–Kier alpha value is -2.54. The fraction of sp³-hybridized carbons (Fsp3) is 0.429. The first kappa shape index (κ1) is 17.3. The number of carbonyl (C=O) groups is 1. The molecule has 1 fully saturated rings. The van der Waals surface area contributed by atoms with E-state index in [0.717, 1.165) is 36.7 Å². The van der Waals surface area contributed by atoms with Crippen LogP contribution in [0, 0.1) is 11.3 Å². The zero-order valence-electron chi connectivity index (χ0n) is 15.1. The van der Waals surface area contributed by atoms with Gasteiger partial charge in [0.25, 0.3) is 0 Å². The van der Waals surface area contributed by atoms with Gasteiger partial charge in [-0.15, -0.1) is 0 Å². The molecular formula is C21H24N2O2. The van der Waals surface area contributed by atoms with Gasteiger partial charge >= 0.3 is 6.09 Å². The summed E-state index contributed by atoms with van der Waals surface area (Å²) >= 11 is 0. The lowest BCUT2D eigenvalue weighted by atomic mass is 9.88. The van der Waals surface area contributed by atoms with Gasteiger partial charge < -0.3 is 9.64 Å². The third-order valence-corrected chi connectivity index (χ3v) is 4.61. The predicted molar refractivity (Wildman–Crippen MR) is 98.4 cm³/mol. The third kappa shape index (κ3) is 4.11. The number of piperidine rings is 1. The van der Waals surface area contributed by atoms with E-state index in [1.807, 2.05) is 43.9 Å². The first-order chi connectivity index (χ1) is 11.9. The number of amides is 1. The topological polar surface area (TPSA) is 53.3 Å². The van der Waals surface area contributed by atoms with E-state index in [4.69, 9.17) is 10.00 Å². The number of rotatable bonds is 1. The number of nitriles is 1. The minimum Gasteiger partial charge on any atom is -0.444 e. The molecule has 4 heteroatoms. The highest BCUT2D eigenvalue weighted by atomic mass is 16.6. The Morgan fingerprint density at radius 1 is 1.12 bits per heavy atom. The molecule has 0 spiro atoms. The van der Waals surface area contributed by atoms with E-state index >= 15 is 0 Å². The van der Waals surface area contributed by atoms with Crippen molar-refractivity contribution in [3.05, 3.63) is 47.5 Å². The monoisotopic (exact) mass is 336 g/mol. The van der Waals surface area contributed by atoms with Gasteiger partial charge in [0.2, 0.25) is 0 Å². The SMILES string of the molecule is CC(C)(C)OC(=O)N1CCC(c2ccc3cc(C#N)ccc3c2)CC1. The quantitative estimate of drug-likeness (QED) is 0.750. The lowest BCUT2D eigenvalue weighted by Gasteiger charge is -2.33. The van der Waals surface area contributed by atoms with Crippen molar-refractivity contribution in [1.29, 1.82) is 5.26 Å². The summed E-state index contributed by atoms with van der Waals surface area (Å²) in [5.74, 6) is 0.457. The number of fused-ring (bicyclic) bond motifs is 1. The minimum absolute atomic E-state index is 0.214. The highest BCUT2D eigenvalue weighted by molar-refractivity contribution is 5.84. The van der Waals surface area contributed by atoms with Crippen molar-refractivity contribution in [2.75, 3.05) is 13.1 Å². The second-order valence-electron chi connectivity index (χ2n) is 7.67. The van der Waals surface area contributed by atoms with Gasteiger partial charge in [0.15, 0.2) is 0 Å². The van der Waals surface area contributed by atoms with Crippen LogP contribution in [0.2, 0.25) is 0 Å². The Labute approximate surface area is 149 Å². The van der Waals surface area contributed by atoms with Crippen molar-refractivity contribution in [2.24, 2.45) is 0 Å². The maximum atomic E-state index is 12.2. The molecule has 4 nitrogen and oxygen atoms in total. The lowest BCUT2D eigenvalue weighted by Crippen LogP contribution is -2.41. The molecule has 0 saturated carbocycles. The van der Waals surface area contributed by atoms with Crippen molar-refractivity contribution < 1.29 is 9.53 Å². The number of nitrogens with zero attached hydrogens (tertiary/aromatic N) is 2. The smallest absolute Gasteiger partial charge is 0.410 e. The first-order valence-corrected chi connectivity index (χ1v) is 8.77. The van der Waals surface area contributed by atoms with Gasteiger partial charge in [0.1, 0.15) is 5.60 Å². The molecule has 1 aliphatic heterocycles. The summed E-state index contributed by atoms with van der Waals surface area (Å²) in [6.45, 7) is 7.13. The predicted octanol–water partition coefficient (Wildman–Crippen LogP) is 4.83. The summed E-state index contributed by atoms with van der Waals surface area (Å²) in [6.07, 6.45) is 1.68. The summed E-state index contributed by atoms with van der Waals surface area (Å²) in [5, 5.41) is 11.3. The van der Waals surface area contributed by atoms with Crippen molar-refractivity contribution in [3.8, 4) is 6.07 Å². The van der Waals surface area contributed by atoms with Crippen molar-refractivity contribution in [1.82, 2.24) is 4.90 Å². The molecule has 0 bridgehead atoms. The van der Waals surface area contributed by atoms with E-state index in [0.29, 0.717) is 11.5 Å². The number of hydrogen-bond donors (Lipinski definition) is 0. The van der Waals surface area contributed by atoms with Gasteiger partial charge in [-0.1, -0.05) is 24.3 Å². The maximum absolute atomic E-state index is 12.2. The van der Waals surface area contributed by atoms with Crippen LogP contribution in [-0.4, -0.2) is 29.7 Å². The Balaban J connectivity index is 1.68. The Kier molecular flexibility index (Phi) is 4.67. The number of benzene rings is 2. The molecular weight excluding hydrogens is 312 g/mol. The summed E-state index contributed by atoms with van der Waals surface area (Å²) in [6, 6.07) is 14.4. The van der Waals surface area contributed by atoms with Crippen molar-refractivity contribution in [2.45, 2.75) is 45.1 Å². The number of likely N-dealkylation sites (tertiary alicyclic amines) is 1. The van der Waals surface area contributed by atoms with Gasteiger partial charge in [-0.2, -0.15) is 5.26 Å². The van der Waals surface area contributed by atoms with Crippen LogP contribution in [0.3, 0.4) is 0 Å². The summed E-state index contributed by atoms with van der Waals surface area (Å²) in [7, 11) is 0. The third-order valence-electron chi connectivity index (χ3n) is 4.61. The normalized spacial score (nSPS) is 15.8. The van der Waals surface area contributed by atoms with Crippen LogP contribution in [0.5, 0.6) is 0 Å². The number of ether oxygens (including phenoxy) is 1. The average Bonchev–Trinajstić information content (AvgIpc) is 2.59. The van der Waals surface area contributed by atoms with Crippen LogP contribution < -0.4 is 0 Å². The molecule has 0 aromatic heterocycles. The summed E-state index contributed by atoms with van der Waals surface area (Å²) < 4.78 is 5.46. The van der Waals surface area contributed by atoms with E-state index in [9.17, 15) is 4.79 Å². The molecule has 1 amide bonds. The van der Waals surface area contributed by atoms with E-state index in [1.165, 1.54) is 5.56 Å². The van der Waals surface area contributed by atoms with E-state index < -0.39 is 5.60 Å². The zero-order valence-corrected chi connectivity index (χ0v) is 15.1. The maximum Gasteiger partial charge on any atom is 0.410 e. The van der Waals surface area contributed by atoms with Crippen LogP contribution in [0.4, 0.5) is 4.79 Å². The largest absolute Gasteiger partial charge is 0.444 e.